The quantitative estimate of drug-likeness (QED) is 0.691. The molecule has 1 aliphatic rings. The molecule has 0 saturated heterocycles. The number of para-hydroxylation sites is 1. The number of amides is 1. The molecule has 0 radical (unpaired) electrons. The second-order valence-corrected chi connectivity index (χ2v) is 7.37. The molecule has 1 saturated carbocycles. The van der Waals surface area contributed by atoms with Crippen LogP contribution < -0.4 is 5.32 Å². The van der Waals surface area contributed by atoms with E-state index in [2.05, 4.69) is 34.6 Å². The van der Waals surface area contributed by atoms with Crippen LogP contribution in [0.3, 0.4) is 0 Å². The molecular formula is C23H24N2O. The van der Waals surface area contributed by atoms with Gasteiger partial charge in [0.25, 0.3) is 0 Å². The zero-order valence-corrected chi connectivity index (χ0v) is 14.9. The van der Waals surface area contributed by atoms with Gasteiger partial charge in [0.05, 0.1) is 22.8 Å². The molecule has 1 N–H and O–H groups in total. The molecule has 3 aromatic rings. The molecule has 26 heavy (non-hydrogen) atoms. The molecule has 3 nitrogen and oxygen atoms in total. The SMILES string of the molecule is O=C(Nc1cnc2ccccc2c1)C1(Cc2ccccc2)CCCCC1. The third-order valence-electron chi connectivity index (χ3n) is 5.53. The number of hydrogen-bond acceptors (Lipinski definition) is 2. The van der Waals surface area contributed by atoms with Gasteiger partial charge in [0, 0.05) is 5.39 Å². The minimum atomic E-state index is -0.314. The summed E-state index contributed by atoms with van der Waals surface area (Å²) < 4.78 is 0. The fourth-order valence-electron chi connectivity index (χ4n) is 4.10. The van der Waals surface area contributed by atoms with E-state index in [1.165, 1.54) is 12.0 Å². The Kier molecular flexibility index (Phi) is 4.70. The molecule has 0 aliphatic heterocycles. The van der Waals surface area contributed by atoms with Crippen LogP contribution in [0.4, 0.5) is 5.69 Å². The number of aromatic nitrogens is 1. The lowest BCUT2D eigenvalue weighted by Gasteiger charge is -2.36. The normalized spacial score (nSPS) is 16.3. The van der Waals surface area contributed by atoms with Crippen LogP contribution in [-0.2, 0) is 11.2 Å². The zero-order valence-electron chi connectivity index (χ0n) is 14.9. The Balaban J connectivity index is 1.59. The summed E-state index contributed by atoms with van der Waals surface area (Å²) in [5.41, 5.74) is 2.65. The summed E-state index contributed by atoms with van der Waals surface area (Å²) in [5.74, 6) is 0.137. The average Bonchev–Trinajstić information content (AvgIpc) is 2.69. The molecule has 132 valence electrons. The van der Waals surface area contributed by atoms with Crippen LogP contribution in [-0.4, -0.2) is 10.9 Å². The summed E-state index contributed by atoms with van der Waals surface area (Å²) in [6.45, 7) is 0. The number of carbonyl (C=O) groups excluding carboxylic acids is 1. The van der Waals surface area contributed by atoms with Gasteiger partial charge < -0.3 is 5.32 Å². The van der Waals surface area contributed by atoms with E-state index in [1.54, 1.807) is 6.20 Å². The van der Waals surface area contributed by atoms with Crippen molar-refractivity contribution in [3.63, 3.8) is 0 Å². The van der Waals surface area contributed by atoms with Crippen LogP contribution in [0.1, 0.15) is 37.7 Å². The van der Waals surface area contributed by atoms with Crippen molar-refractivity contribution in [2.45, 2.75) is 38.5 Å². The van der Waals surface area contributed by atoms with E-state index < -0.39 is 0 Å². The number of hydrogen-bond donors (Lipinski definition) is 1. The number of anilines is 1. The molecule has 0 unspecified atom stereocenters. The van der Waals surface area contributed by atoms with E-state index >= 15 is 0 Å². The van der Waals surface area contributed by atoms with Gasteiger partial charge in [-0.25, -0.2) is 0 Å². The molecule has 0 spiro atoms. The smallest absolute Gasteiger partial charge is 0.230 e. The standard InChI is InChI=1S/C23H24N2O/c26-22(25-20-15-19-11-5-6-12-21(19)24-17-20)23(13-7-2-8-14-23)16-18-9-3-1-4-10-18/h1,3-6,9-12,15,17H,2,7-8,13-14,16H2,(H,25,26). The maximum Gasteiger partial charge on any atom is 0.230 e. The summed E-state index contributed by atoms with van der Waals surface area (Å²) in [6.07, 6.45) is 7.94. The van der Waals surface area contributed by atoms with Crippen LogP contribution in [0.15, 0.2) is 66.9 Å². The summed E-state index contributed by atoms with van der Waals surface area (Å²) in [5, 5.41) is 4.21. The minimum Gasteiger partial charge on any atom is -0.324 e. The number of nitrogens with zero attached hydrogens (tertiary/aromatic N) is 1. The van der Waals surface area contributed by atoms with Gasteiger partial charge in [-0.05, 0) is 37.0 Å². The molecule has 3 heteroatoms. The lowest BCUT2D eigenvalue weighted by molar-refractivity contribution is -0.127. The van der Waals surface area contributed by atoms with Crippen LogP contribution in [0.25, 0.3) is 10.9 Å². The maximum atomic E-state index is 13.3. The van der Waals surface area contributed by atoms with Crippen LogP contribution >= 0.6 is 0 Å². The van der Waals surface area contributed by atoms with Crippen molar-refractivity contribution < 1.29 is 4.79 Å². The first-order valence-electron chi connectivity index (χ1n) is 9.45. The van der Waals surface area contributed by atoms with Crippen molar-refractivity contribution in [1.29, 1.82) is 0 Å². The highest BCUT2D eigenvalue weighted by molar-refractivity contribution is 5.97. The van der Waals surface area contributed by atoms with E-state index in [-0.39, 0.29) is 11.3 Å². The number of rotatable bonds is 4. The first-order chi connectivity index (χ1) is 12.8. The molecule has 1 amide bonds. The van der Waals surface area contributed by atoms with Crippen LogP contribution in [0.2, 0.25) is 0 Å². The minimum absolute atomic E-state index is 0.137. The highest BCUT2D eigenvalue weighted by Crippen LogP contribution is 2.40. The lowest BCUT2D eigenvalue weighted by atomic mass is 9.69. The number of carbonyl (C=O) groups is 1. The highest BCUT2D eigenvalue weighted by Gasteiger charge is 2.39. The van der Waals surface area contributed by atoms with Gasteiger partial charge >= 0.3 is 0 Å². The van der Waals surface area contributed by atoms with Gasteiger partial charge in [0.2, 0.25) is 5.91 Å². The highest BCUT2D eigenvalue weighted by atomic mass is 16.2. The van der Waals surface area contributed by atoms with Crippen molar-refractivity contribution in [3.05, 3.63) is 72.4 Å². The predicted molar refractivity (Wildman–Crippen MR) is 106 cm³/mol. The van der Waals surface area contributed by atoms with E-state index in [0.29, 0.717) is 0 Å². The average molecular weight is 344 g/mol. The van der Waals surface area contributed by atoms with Gasteiger partial charge in [-0.15, -0.1) is 0 Å². The van der Waals surface area contributed by atoms with Crippen molar-refractivity contribution >= 4 is 22.5 Å². The Bertz CT molecular complexity index is 898. The first-order valence-corrected chi connectivity index (χ1v) is 9.45. The van der Waals surface area contributed by atoms with Crippen molar-refractivity contribution in [2.24, 2.45) is 5.41 Å². The van der Waals surface area contributed by atoms with Crippen molar-refractivity contribution in [2.75, 3.05) is 5.32 Å². The maximum absolute atomic E-state index is 13.3. The Morgan fingerprint density at radius 3 is 2.50 bits per heavy atom. The summed E-state index contributed by atoms with van der Waals surface area (Å²) in [6, 6.07) is 20.4. The molecule has 1 aromatic heterocycles. The number of benzene rings is 2. The van der Waals surface area contributed by atoms with E-state index in [9.17, 15) is 4.79 Å². The molecular weight excluding hydrogens is 320 g/mol. The Hall–Kier alpha value is -2.68. The largest absolute Gasteiger partial charge is 0.324 e. The van der Waals surface area contributed by atoms with Crippen molar-refractivity contribution in [1.82, 2.24) is 4.98 Å². The number of fused-ring (bicyclic) bond motifs is 1. The van der Waals surface area contributed by atoms with E-state index in [0.717, 1.165) is 48.7 Å². The van der Waals surface area contributed by atoms with E-state index in [4.69, 9.17) is 0 Å². The van der Waals surface area contributed by atoms with Crippen LogP contribution in [0, 0.1) is 5.41 Å². The summed E-state index contributed by atoms with van der Waals surface area (Å²) in [7, 11) is 0. The van der Waals surface area contributed by atoms with Gasteiger partial charge in [0.15, 0.2) is 0 Å². The van der Waals surface area contributed by atoms with Gasteiger partial charge in [-0.3, -0.25) is 9.78 Å². The summed E-state index contributed by atoms with van der Waals surface area (Å²) >= 11 is 0. The fraction of sp³-hybridized carbons (Fsp3) is 0.304. The molecule has 1 heterocycles. The van der Waals surface area contributed by atoms with Gasteiger partial charge in [0.1, 0.15) is 0 Å². The topological polar surface area (TPSA) is 42.0 Å². The monoisotopic (exact) mass is 344 g/mol. The zero-order chi connectivity index (χ0) is 17.8. The van der Waals surface area contributed by atoms with Gasteiger partial charge in [-0.1, -0.05) is 67.8 Å². The molecule has 0 atom stereocenters. The number of nitrogens with one attached hydrogen (secondary N) is 1. The fourth-order valence-corrected chi connectivity index (χ4v) is 4.10. The molecule has 0 bridgehead atoms. The van der Waals surface area contributed by atoms with Crippen molar-refractivity contribution in [3.8, 4) is 0 Å². The van der Waals surface area contributed by atoms with Crippen LogP contribution in [0.5, 0.6) is 0 Å². The first kappa shape index (κ1) is 16.8. The third kappa shape index (κ3) is 3.48. The Labute approximate surface area is 154 Å². The second kappa shape index (κ2) is 7.28. The molecule has 1 fully saturated rings. The third-order valence-corrected chi connectivity index (χ3v) is 5.53. The van der Waals surface area contributed by atoms with E-state index in [1.807, 2.05) is 36.4 Å². The predicted octanol–water partition coefficient (Wildman–Crippen LogP) is 5.37. The molecule has 2 aromatic carbocycles. The second-order valence-electron chi connectivity index (χ2n) is 7.37. The van der Waals surface area contributed by atoms with Gasteiger partial charge in [-0.2, -0.15) is 0 Å². The Morgan fingerprint density at radius 1 is 0.962 bits per heavy atom. The molecule has 4 rings (SSSR count). The number of pyridine rings is 1. The lowest BCUT2D eigenvalue weighted by Crippen LogP contribution is -2.40. The summed E-state index contributed by atoms with van der Waals surface area (Å²) in [4.78, 5) is 17.8. The Morgan fingerprint density at radius 2 is 1.69 bits per heavy atom. The molecule has 1 aliphatic carbocycles.